The Kier molecular flexibility index (Phi) is 3.98. The van der Waals surface area contributed by atoms with E-state index in [2.05, 4.69) is 4.98 Å². The second-order valence-electron chi connectivity index (χ2n) is 3.40. The van der Waals surface area contributed by atoms with Crippen molar-refractivity contribution in [2.75, 3.05) is 0 Å². The van der Waals surface area contributed by atoms with Crippen molar-refractivity contribution in [3.63, 3.8) is 0 Å². The fourth-order valence-corrected chi connectivity index (χ4v) is 1.36. The van der Waals surface area contributed by atoms with Gasteiger partial charge < -0.3 is 0 Å². The summed E-state index contributed by atoms with van der Waals surface area (Å²) in [6, 6.07) is 2.55. The zero-order valence-electron chi connectivity index (χ0n) is 8.99. The molecule has 1 atom stereocenters. The van der Waals surface area contributed by atoms with Gasteiger partial charge in [0.1, 0.15) is 0 Å². The number of carbonyl (C=O) groups is 2. The first-order valence-corrected chi connectivity index (χ1v) is 4.91. The molecule has 0 bridgehead atoms. The summed E-state index contributed by atoms with van der Waals surface area (Å²) < 4.78 is 37.9. The van der Waals surface area contributed by atoms with E-state index in [1.807, 2.05) is 0 Å². The van der Waals surface area contributed by atoms with Crippen molar-refractivity contribution in [3.05, 3.63) is 30.1 Å². The van der Waals surface area contributed by atoms with E-state index in [0.29, 0.717) is 0 Å². The van der Waals surface area contributed by atoms with Crippen molar-refractivity contribution in [3.8, 4) is 0 Å². The lowest BCUT2D eigenvalue weighted by molar-refractivity contribution is -0.170. The molecule has 0 saturated carbocycles. The minimum Gasteiger partial charge on any atom is -0.299 e. The van der Waals surface area contributed by atoms with Crippen LogP contribution < -0.4 is 0 Å². The number of Topliss-reactive ketones (excluding diaryl/α,β-unsaturated/α-hetero) is 2. The van der Waals surface area contributed by atoms with Gasteiger partial charge in [0, 0.05) is 24.4 Å². The standard InChI is InChI=1S/C11H10F3NO2/c1-2-8(16)9(11(12,13)14)10(17)7-4-3-5-15-6-7/h3-6,9H,2H2,1H3. The van der Waals surface area contributed by atoms with Crippen molar-refractivity contribution in [2.45, 2.75) is 19.5 Å². The number of halogens is 3. The molecular weight excluding hydrogens is 235 g/mol. The Balaban J connectivity index is 3.09. The molecule has 0 N–H and O–H groups in total. The molecule has 0 aliphatic carbocycles. The van der Waals surface area contributed by atoms with Gasteiger partial charge in [0.15, 0.2) is 17.5 Å². The lowest BCUT2D eigenvalue weighted by atomic mass is 9.92. The third-order valence-electron chi connectivity index (χ3n) is 2.21. The molecule has 17 heavy (non-hydrogen) atoms. The van der Waals surface area contributed by atoms with Crippen LogP contribution in [0.25, 0.3) is 0 Å². The molecule has 0 spiro atoms. The summed E-state index contributed by atoms with van der Waals surface area (Å²) in [4.78, 5) is 26.4. The quantitative estimate of drug-likeness (QED) is 0.604. The predicted octanol–water partition coefficient (Wildman–Crippen LogP) is 2.42. The normalized spacial score (nSPS) is 13.2. The molecule has 0 amide bonds. The summed E-state index contributed by atoms with van der Waals surface area (Å²) in [6.45, 7) is 1.29. The van der Waals surface area contributed by atoms with E-state index >= 15 is 0 Å². The van der Waals surface area contributed by atoms with Crippen LogP contribution in [0.2, 0.25) is 0 Å². The Morgan fingerprint density at radius 1 is 1.41 bits per heavy atom. The van der Waals surface area contributed by atoms with Gasteiger partial charge in [0.2, 0.25) is 0 Å². The van der Waals surface area contributed by atoms with E-state index < -0.39 is 23.7 Å². The van der Waals surface area contributed by atoms with Gasteiger partial charge in [0.05, 0.1) is 0 Å². The van der Waals surface area contributed by atoms with E-state index in [4.69, 9.17) is 0 Å². The van der Waals surface area contributed by atoms with Crippen LogP contribution in [0.15, 0.2) is 24.5 Å². The first-order valence-electron chi connectivity index (χ1n) is 4.91. The highest BCUT2D eigenvalue weighted by Gasteiger charge is 2.48. The molecular formula is C11H10F3NO2. The SMILES string of the molecule is CCC(=O)C(C(=O)c1cccnc1)C(F)(F)F. The highest BCUT2D eigenvalue weighted by Crippen LogP contribution is 2.30. The predicted molar refractivity (Wildman–Crippen MR) is 53.4 cm³/mol. The molecule has 0 aliphatic rings. The van der Waals surface area contributed by atoms with E-state index in [9.17, 15) is 22.8 Å². The number of nitrogens with zero attached hydrogens (tertiary/aromatic N) is 1. The number of aromatic nitrogens is 1. The summed E-state index contributed by atoms with van der Waals surface area (Å²) in [5, 5.41) is 0. The smallest absolute Gasteiger partial charge is 0.299 e. The van der Waals surface area contributed by atoms with Gasteiger partial charge in [-0.15, -0.1) is 0 Å². The lowest BCUT2D eigenvalue weighted by Crippen LogP contribution is -2.37. The fourth-order valence-electron chi connectivity index (χ4n) is 1.36. The van der Waals surface area contributed by atoms with Gasteiger partial charge in [-0.3, -0.25) is 14.6 Å². The second-order valence-corrected chi connectivity index (χ2v) is 3.40. The average molecular weight is 245 g/mol. The van der Waals surface area contributed by atoms with Crippen LogP contribution in [0.5, 0.6) is 0 Å². The van der Waals surface area contributed by atoms with E-state index in [0.717, 1.165) is 6.20 Å². The Morgan fingerprint density at radius 3 is 2.47 bits per heavy atom. The minimum atomic E-state index is -4.86. The zero-order valence-corrected chi connectivity index (χ0v) is 8.99. The molecule has 6 heteroatoms. The van der Waals surface area contributed by atoms with Crippen LogP contribution in [0.3, 0.4) is 0 Å². The molecule has 0 radical (unpaired) electrons. The first-order chi connectivity index (χ1) is 7.88. The van der Waals surface area contributed by atoms with Crippen LogP contribution in [-0.2, 0) is 4.79 Å². The molecule has 0 fully saturated rings. The maximum absolute atomic E-state index is 12.6. The monoisotopic (exact) mass is 245 g/mol. The molecule has 0 aromatic carbocycles. The van der Waals surface area contributed by atoms with Crippen molar-refractivity contribution in [2.24, 2.45) is 5.92 Å². The Morgan fingerprint density at radius 2 is 2.06 bits per heavy atom. The maximum Gasteiger partial charge on any atom is 0.405 e. The fraction of sp³-hybridized carbons (Fsp3) is 0.364. The lowest BCUT2D eigenvalue weighted by Gasteiger charge is -2.17. The molecule has 1 unspecified atom stereocenters. The topological polar surface area (TPSA) is 47.0 Å². The molecule has 1 aromatic rings. The third kappa shape index (κ3) is 3.12. The maximum atomic E-state index is 12.6. The summed E-state index contributed by atoms with van der Waals surface area (Å²) >= 11 is 0. The second kappa shape index (κ2) is 5.07. The van der Waals surface area contributed by atoms with E-state index in [1.54, 1.807) is 0 Å². The number of rotatable bonds is 4. The summed E-state index contributed by atoms with van der Waals surface area (Å²) in [5.41, 5.74) is -0.211. The summed E-state index contributed by atoms with van der Waals surface area (Å²) in [7, 11) is 0. The van der Waals surface area contributed by atoms with Crippen LogP contribution >= 0.6 is 0 Å². The van der Waals surface area contributed by atoms with Crippen molar-refractivity contribution in [1.82, 2.24) is 4.98 Å². The number of carbonyl (C=O) groups excluding carboxylic acids is 2. The molecule has 0 saturated heterocycles. The average Bonchev–Trinajstić information content (AvgIpc) is 2.28. The summed E-state index contributed by atoms with van der Waals surface area (Å²) in [6.07, 6.45) is -2.85. The van der Waals surface area contributed by atoms with Gasteiger partial charge >= 0.3 is 6.18 Å². The Labute approximate surface area is 95.7 Å². The van der Waals surface area contributed by atoms with Gasteiger partial charge in [-0.2, -0.15) is 13.2 Å². The third-order valence-corrected chi connectivity index (χ3v) is 2.21. The van der Waals surface area contributed by atoms with Gasteiger partial charge in [-0.1, -0.05) is 6.92 Å². The van der Waals surface area contributed by atoms with Crippen molar-refractivity contribution >= 4 is 11.6 Å². The number of ketones is 2. The molecule has 92 valence electrons. The van der Waals surface area contributed by atoms with Gasteiger partial charge in [0.25, 0.3) is 0 Å². The zero-order chi connectivity index (χ0) is 13.1. The molecule has 1 aromatic heterocycles. The Bertz CT molecular complexity index is 414. The number of alkyl halides is 3. The van der Waals surface area contributed by atoms with Crippen LogP contribution in [0.1, 0.15) is 23.7 Å². The minimum absolute atomic E-state index is 0.211. The number of hydrogen-bond donors (Lipinski definition) is 0. The van der Waals surface area contributed by atoms with Crippen LogP contribution in [0, 0.1) is 5.92 Å². The molecule has 3 nitrogen and oxygen atoms in total. The van der Waals surface area contributed by atoms with Gasteiger partial charge in [-0.05, 0) is 12.1 Å². The highest BCUT2D eigenvalue weighted by molar-refractivity contribution is 6.11. The summed E-state index contributed by atoms with van der Waals surface area (Å²) in [5.74, 6) is -4.97. The number of pyridine rings is 1. The first kappa shape index (κ1) is 13.3. The van der Waals surface area contributed by atoms with Crippen molar-refractivity contribution in [1.29, 1.82) is 0 Å². The number of hydrogen-bond acceptors (Lipinski definition) is 3. The van der Waals surface area contributed by atoms with Crippen LogP contribution in [-0.4, -0.2) is 22.7 Å². The molecule has 1 heterocycles. The van der Waals surface area contributed by atoms with E-state index in [1.165, 1.54) is 25.3 Å². The van der Waals surface area contributed by atoms with Gasteiger partial charge in [-0.25, -0.2) is 0 Å². The Hall–Kier alpha value is -1.72. The van der Waals surface area contributed by atoms with Crippen molar-refractivity contribution < 1.29 is 22.8 Å². The highest BCUT2D eigenvalue weighted by atomic mass is 19.4. The molecule has 0 aliphatic heterocycles. The largest absolute Gasteiger partial charge is 0.405 e. The molecule has 1 rings (SSSR count). The van der Waals surface area contributed by atoms with Crippen LogP contribution in [0.4, 0.5) is 13.2 Å². The van der Waals surface area contributed by atoms with E-state index in [-0.39, 0.29) is 12.0 Å².